The number of nitrogens with one attached hydrogen (secondary N) is 1. The number of imidazole rings is 1. The van der Waals surface area contributed by atoms with Crippen LogP contribution in [0.25, 0.3) is 22.2 Å². The summed E-state index contributed by atoms with van der Waals surface area (Å²) in [5.74, 6) is 1.25. The number of hydrogen-bond acceptors (Lipinski definition) is 4. The molecule has 1 aromatic carbocycles. The number of nitrogens with zero attached hydrogens (tertiary/aromatic N) is 2. The Hall–Kier alpha value is -2.30. The molecular formula is C13H14N4O. The Labute approximate surface area is 104 Å². The fraction of sp³-hybridized carbons (Fsp3) is 0.231. The normalized spacial score (nSPS) is 11.3. The van der Waals surface area contributed by atoms with Gasteiger partial charge in [-0.2, -0.15) is 0 Å². The van der Waals surface area contributed by atoms with Crippen LogP contribution in [0.15, 0.2) is 16.7 Å². The van der Waals surface area contributed by atoms with Crippen LogP contribution in [0.4, 0.5) is 5.95 Å². The summed E-state index contributed by atoms with van der Waals surface area (Å²) < 4.78 is 5.21. The summed E-state index contributed by atoms with van der Waals surface area (Å²) >= 11 is 0. The number of hydrogen-bond donors (Lipinski definition) is 2. The van der Waals surface area contributed by atoms with E-state index in [2.05, 4.69) is 21.2 Å². The molecule has 5 nitrogen and oxygen atoms in total. The number of aryl methyl sites for hydroxylation is 3. The average Bonchev–Trinajstić information content (AvgIpc) is 2.82. The maximum absolute atomic E-state index is 5.69. The van der Waals surface area contributed by atoms with Crippen molar-refractivity contribution < 1.29 is 4.52 Å². The van der Waals surface area contributed by atoms with Crippen molar-refractivity contribution in [3.63, 3.8) is 0 Å². The molecule has 0 saturated heterocycles. The van der Waals surface area contributed by atoms with Crippen molar-refractivity contribution in [1.29, 1.82) is 0 Å². The number of fused-ring (bicyclic) bond motifs is 1. The van der Waals surface area contributed by atoms with E-state index >= 15 is 0 Å². The SMILES string of the molecule is Cc1noc(C)c1-c1cc(C)c2nc(N)[nH]c2c1. The van der Waals surface area contributed by atoms with Gasteiger partial charge in [-0.25, -0.2) is 4.98 Å². The zero-order valence-corrected chi connectivity index (χ0v) is 10.5. The Balaban J connectivity index is 2.30. The van der Waals surface area contributed by atoms with Gasteiger partial charge in [0, 0.05) is 5.56 Å². The third-order valence-corrected chi connectivity index (χ3v) is 3.12. The predicted octanol–water partition coefficient (Wildman–Crippen LogP) is 2.73. The summed E-state index contributed by atoms with van der Waals surface area (Å²) in [4.78, 5) is 7.32. The first-order chi connectivity index (χ1) is 8.56. The van der Waals surface area contributed by atoms with Gasteiger partial charge >= 0.3 is 0 Å². The molecule has 0 amide bonds. The smallest absolute Gasteiger partial charge is 0.198 e. The highest BCUT2D eigenvalue weighted by Crippen LogP contribution is 2.30. The first kappa shape index (κ1) is 10.8. The van der Waals surface area contributed by atoms with E-state index < -0.39 is 0 Å². The molecule has 0 bridgehead atoms. The molecule has 0 unspecified atom stereocenters. The predicted molar refractivity (Wildman–Crippen MR) is 70.2 cm³/mol. The van der Waals surface area contributed by atoms with Gasteiger partial charge in [-0.1, -0.05) is 5.16 Å². The molecule has 2 heterocycles. The van der Waals surface area contributed by atoms with Crippen LogP contribution in [0, 0.1) is 20.8 Å². The Morgan fingerprint density at radius 1 is 1.22 bits per heavy atom. The fourth-order valence-electron chi connectivity index (χ4n) is 2.35. The minimum Gasteiger partial charge on any atom is -0.369 e. The van der Waals surface area contributed by atoms with E-state index in [1.165, 1.54) is 0 Å². The third-order valence-electron chi connectivity index (χ3n) is 3.12. The topological polar surface area (TPSA) is 80.7 Å². The lowest BCUT2D eigenvalue weighted by Crippen LogP contribution is -1.85. The van der Waals surface area contributed by atoms with Crippen LogP contribution in [0.1, 0.15) is 17.0 Å². The first-order valence-electron chi connectivity index (χ1n) is 5.75. The van der Waals surface area contributed by atoms with Gasteiger partial charge in [0.25, 0.3) is 0 Å². The maximum Gasteiger partial charge on any atom is 0.198 e. The Morgan fingerprint density at radius 3 is 2.67 bits per heavy atom. The molecule has 0 aliphatic carbocycles. The number of H-pyrrole nitrogens is 1. The van der Waals surface area contributed by atoms with Crippen molar-refractivity contribution >= 4 is 17.0 Å². The Kier molecular flexibility index (Phi) is 2.16. The lowest BCUT2D eigenvalue weighted by Gasteiger charge is -2.03. The fourth-order valence-corrected chi connectivity index (χ4v) is 2.35. The van der Waals surface area contributed by atoms with E-state index in [0.717, 1.165) is 39.2 Å². The van der Waals surface area contributed by atoms with Crippen LogP contribution in [0.3, 0.4) is 0 Å². The number of nitrogens with two attached hydrogens (primary N) is 1. The van der Waals surface area contributed by atoms with Crippen LogP contribution in [-0.2, 0) is 0 Å². The van der Waals surface area contributed by atoms with Crippen LogP contribution in [-0.4, -0.2) is 15.1 Å². The van der Waals surface area contributed by atoms with Crippen LogP contribution in [0.5, 0.6) is 0 Å². The van der Waals surface area contributed by atoms with Gasteiger partial charge in [0.1, 0.15) is 5.76 Å². The van der Waals surface area contributed by atoms with Crippen molar-refractivity contribution in [3.8, 4) is 11.1 Å². The highest BCUT2D eigenvalue weighted by atomic mass is 16.5. The van der Waals surface area contributed by atoms with E-state index in [1.54, 1.807) is 0 Å². The summed E-state index contributed by atoms with van der Waals surface area (Å²) in [5.41, 5.74) is 11.6. The molecule has 18 heavy (non-hydrogen) atoms. The maximum atomic E-state index is 5.69. The highest BCUT2D eigenvalue weighted by molar-refractivity contribution is 5.86. The molecule has 0 radical (unpaired) electrons. The van der Waals surface area contributed by atoms with E-state index in [9.17, 15) is 0 Å². The van der Waals surface area contributed by atoms with Gasteiger partial charge in [-0.15, -0.1) is 0 Å². The molecule has 92 valence electrons. The van der Waals surface area contributed by atoms with Crippen molar-refractivity contribution in [1.82, 2.24) is 15.1 Å². The average molecular weight is 242 g/mol. The minimum absolute atomic E-state index is 0.434. The van der Waals surface area contributed by atoms with E-state index in [-0.39, 0.29) is 0 Å². The van der Waals surface area contributed by atoms with Gasteiger partial charge in [0.05, 0.1) is 16.7 Å². The lowest BCUT2D eigenvalue weighted by atomic mass is 10.0. The highest BCUT2D eigenvalue weighted by Gasteiger charge is 2.14. The van der Waals surface area contributed by atoms with Gasteiger partial charge in [-0.05, 0) is 44.0 Å². The van der Waals surface area contributed by atoms with Crippen molar-refractivity contribution in [3.05, 3.63) is 29.2 Å². The van der Waals surface area contributed by atoms with Gasteiger partial charge in [0.15, 0.2) is 5.95 Å². The van der Waals surface area contributed by atoms with Crippen molar-refractivity contribution in [2.24, 2.45) is 0 Å². The van der Waals surface area contributed by atoms with Crippen molar-refractivity contribution in [2.75, 3.05) is 5.73 Å². The molecule has 0 spiro atoms. The number of aromatic amines is 1. The first-order valence-corrected chi connectivity index (χ1v) is 5.75. The monoisotopic (exact) mass is 242 g/mol. The van der Waals surface area contributed by atoms with E-state index in [1.807, 2.05) is 26.8 Å². The lowest BCUT2D eigenvalue weighted by molar-refractivity contribution is 0.393. The molecule has 0 aliphatic heterocycles. The van der Waals surface area contributed by atoms with Crippen LogP contribution >= 0.6 is 0 Å². The van der Waals surface area contributed by atoms with Gasteiger partial charge < -0.3 is 15.2 Å². The molecule has 0 aliphatic rings. The second-order valence-corrected chi connectivity index (χ2v) is 4.51. The largest absolute Gasteiger partial charge is 0.369 e. The summed E-state index contributed by atoms with van der Waals surface area (Å²) in [5, 5.41) is 3.98. The van der Waals surface area contributed by atoms with Gasteiger partial charge in [-0.3, -0.25) is 0 Å². The second-order valence-electron chi connectivity index (χ2n) is 4.51. The molecule has 0 saturated carbocycles. The number of anilines is 1. The van der Waals surface area contributed by atoms with E-state index in [0.29, 0.717) is 5.95 Å². The molecule has 3 N–H and O–H groups in total. The number of benzene rings is 1. The molecule has 0 atom stereocenters. The summed E-state index contributed by atoms with van der Waals surface area (Å²) in [7, 11) is 0. The van der Waals surface area contributed by atoms with Gasteiger partial charge in [0.2, 0.25) is 0 Å². The Bertz CT molecular complexity index is 719. The molecule has 3 aromatic rings. The molecule has 5 heteroatoms. The molecular weight excluding hydrogens is 228 g/mol. The molecule has 3 rings (SSSR count). The zero-order valence-electron chi connectivity index (χ0n) is 10.5. The minimum atomic E-state index is 0.434. The number of nitrogen functional groups attached to an aromatic ring is 1. The van der Waals surface area contributed by atoms with E-state index in [4.69, 9.17) is 10.3 Å². The van der Waals surface area contributed by atoms with Crippen molar-refractivity contribution in [2.45, 2.75) is 20.8 Å². The second kappa shape index (κ2) is 3.60. The number of rotatable bonds is 1. The third kappa shape index (κ3) is 1.48. The van der Waals surface area contributed by atoms with Crippen LogP contribution < -0.4 is 5.73 Å². The quantitative estimate of drug-likeness (QED) is 0.687. The summed E-state index contributed by atoms with van der Waals surface area (Å²) in [6.45, 7) is 5.87. The molecule has 0 fully saturated rings. The standard InChI is InChI=1S/C13H14N4O/c1-6-4-9(11-7(2)17-18-8(11)3)5-10-12(6)16-13(14)15-10/h4-5H,1-3H3,(H3,14,15,16). The van der Waals surface area contributed by atoms with Crippen LogP contribution in [0.2, 0.25) is 0 Å². The Morgan fingerprint density at radius 2 is 2.00 bits per heavy atom. The number of aromatic nitrogens is 3. The molecule has 2 aromatic heterocycles. The zero-order chi connectivity index (χ0) is 12.9. The summed E-state index contributed by atoms with van der Waals surface area (Å²) in [6, 6.07) is 4.10. The summed E-state index contributed by atoms with van der Waals surface area (Å²) in [6.07, 6.45) is 0.